The summed E-state index contributed by atoms with van der Waals surface area (Å²) in [6.45, 7) is 5.45. The molecule has 4 nitrogen and oxygen atoms in total. The number of rotatable bonds is 6. The number of nitrogens with zero attached hydrogens (tertiary/aromatic N) is 2. The van der Waals surface area contributed by atoms with Gasteiger partial charge in [-0.1, -0.05) is 6.42 Å². The number of amides is 1. The number of thiazole rings is 1. The van der Waals surface area contributed by atoms with E-state index in [0.717, 1.165) is 18.0 Å². The number of aromatic nitrogens is 1. The second-order valence-corrected chi connectivity index (χ2v) is 6.09. The van der Waals surface area contributed by atoms with Crippen molar-refractivity contribution in [2.75, 3.05) is 19.6 Å². The van der Waals surface area contributed by atoms with Gasteiger partial charge in [0, 0.05) is 18.0 Å². The molecule has 1 aliphatic heterocycles. The zero-order valence-electron chi connectivity index (χ0n) is 11.6. The zero-order chi connectivity index (χ0) is 13.5. The van der Waals surface area contributed by atoms with Gasteiger partial charge in [0.05, 0.1) is 6.04 Å². The van der Waals surface area contributed by atoms with E-state index in [9.17, 15) is 4.79 Å². The molecule has 1 amide bonds. The molecule has 1 atom stereocenters. The number of carbonyl (C=O) groups is 1. The lowest BCUT2D eigenvalue weighted by atomic mass is 10.1. The number of piperidine rings is 1. The summed E-state index contributed by atoms with van der Waals surface area (Å²) in [7, 11) is 0. The fourth-order valence-electron chi connectivity index (χ4n) is 2.47. The summed E-state index contributed by atoms with van der Waals surface area (Å²) < 4.78 is 0. The van der Waals surface area contributed by atoms with Crippen molar-refractivity contribution in [2.45, 2.75) is 45.1 Å². The second kappa shape index (κ2) is 7.60. The van der Waals surface area contributed by atoms with Crippen LogP contribution in [0.1, 0.15) is 50.1 Å². The number of hydrogen-bond donors (Lipinski definition) is 1. The number of nitrogens with one attached hydrogen (secondary N) is 1. The van der Waals surface area contributed by atoms with Gasteiger partial charge in [-0.05, 0) is 45.8 Å². The fourth-order valence-corrected chi connectivity index (χ4v) is 3.12. The maximum absolute atomic E-state index is 11.8. The quantitative estimate of drug-likeness (QED) is 0.871. The Morgan fingerprint density at radius 1 is 1.47 bits per heavy atom. The minimum atomic E-state index is 0.0301. The van der Waals surface area contributed by atoms with E-state index in [0.29, 0.717) is 6.42 Å². The minimum absolute atomic E-state index is 0.0301. The van der Waals surface area contributed by atoms with E-state index in [1.54, 1.807) is 17.5 Å². The van der Waals surface area contributed by atoms with Gasteiger partial charge in [0.25, 0.3) is 0 Å². The lowest BCUT2D eigenvalue weighted by Crippen LogP contribution is -2.32. The lowest BCUT2D eigenvalue weighted by Gasteiger charge is -2.26. The van der Waals surface area contributed by atoms with Gasteiger partial charge in [-0.2, -0.15) is 0 Å². The highest BCUT2D eigenvalue weighted by Crippen LogP contribution is 2.15. The molecule has 0 unspecified atom stereocenters. The first-order chi connectivity index (χ1) is 9.25. The van der Waals surface area contributed by atoms with Gasteiger partial charge in [-0.25, -0.2) is 4.98 Å². The Kier molecular flexibility index (Phi) is 5.79. The smallest absolute Gasteiger partial charge is 0.220 e. The molecule has 0 saturated carbocycles. The largest absolute Gasteiger partial charge is 0.347 e. The molecule has 1 aromatic rings. The van der Waals surface area contributed by atoms with Crippen LogP contribution in [0.2, 0.25) is 0 Å². The second-order valence-electron chi connectivity index (χ2n) is 5.17. The standard InChI is InChI=1S/C14H23N3OS/c1-12(14-15-7-11-19-14)16-13(18)6-5-10-17-8-3-2-4-9-17/h7,11-12H,2-6,8-10H2,1H3,(H,16,18)/t12-/m1/s1. The monoisotopic (exact) mass is 281 g/mol. The maximum Gasteiger partial charge on any atom is 0.220 e. The normalized spacial score (nSPS) is 18.2. The highest BCUT2D eigenvalue weighted by atomic mass is 32.1. The third-order valence-corrected chi connectivity index (χ3v) is 4.48. The van der Waals surface area contributed by atoms with Gasteiger partial charge in [-0.3, -0.25) is 4.79 Å². The van der Waals surface area contributed by atoms with Crippen LogP contribution in [0.25, 0.3) is 0 Å². The van der Waals surface area contributed by atoms with Crippen molar-refractivity contribution in [1.82, 2.24) is 15.2 Å². The summed E-state index contributed by atoms with van der Waals surface area (Å²) in [6.07, 6.45) is 7.34. The van der Waals surface area contributed by atoms with Crippen LogP contribution >= 0.6 is 11.3 Å². The molecule has 1 aromatic heterocycles. The van der Waals surface area contributed by atoms with E-state index >= 15 is 0 Å². The van der Waals surface area contributed by atoms with Crippen molar-refractivity contribution in [3.8, 4) is 0 Å². The molecule has 1 fully saturated rings. The van der Waals surface area contributed by atoms with Gasteiger partial charge in [0.2, 0.25) is 5.91 Å². The van der Waals surface area contributed by atoms with Crippen LogP contribution in [0.15, 0.2) is 11.6 Å². The summed E-state index contributed by atoms with van der Waals surface area (Å²) in [5, 5.41) is 5.93. The van der Waals surface area contributed by atoms with E-state index < -0.39 is 0 Å². The van der Waals surface area contributed by atoms with Gasteiger partial charge < -0.3 is 10.2 Å². The summed E-state index contributed by atoms with van der Waals surface area (Å²) in [6, 6.07) is 0.0301. The summed E-state index contributed by atoms with van der Waals surface area (Å²) in [5.41, 5.74) is 0. The van der Waals surface area contributed by atoms with Crippen molar-refractivity contribution in [3.63, 3.8) is 0 Å². The first kappa shape index (κ1) is 14.5. The maximum atomic E-state index is 11.8. The Bertz CT molecular complexity index is 374. The molecule has 2 rings (SSSR count). The first-order valence-electron chi connectivity index (χ1n) is 7.17. The Balaban J connectivity index is 1.61. The van der Waals surface area contributed by atoms with Gasteiger partial charge in [0.1, 0.15) is 5.01 Å². The highest BCUT2D eigenvalue weighted by Gasteiger charge is 2.13. The van der Waals surface area contributed by atoms with E-state index in [-0.39, 0.29) is 11.9 Å². The molecule has 0 radical (unpaired) electrons. The molecule has 2 heterocycles. The molecule has 19 heavy (non-hydrogen) atoms. The van der Waals surface area contributed by atoms with Crippen LogP contribution in [0.4, 0.5) is 0 Å². The van der Waals surface area contributed by atoms with Crippen molar-refractivity contribution >= 4 is 17.2 Å². The molecule has 1 N–H and O–H groups in total. The first-order valence-corrected chi connectivity index (χ1v) is 8.05. The van der Waals surface area contributed by atoms with Crippen LogP contribution in [0.5, 0.6) is 0 Å². The third-order valence-electron chi connectivity index (χ3n) is 3.53. The molecule has 1 aliphatic rings. The summed E-state index contributed by atoms with van der Waals surface area (Å²) in [5.74, 6) is 0.139. The molecule has 0 aliphatic carbocycles. The molecular formula is C14H23N3OS. The Labute approximate surface area is 119 Å². The predicted octanol–water partition coefficient (Wildman–Crippen LogP) is 2.59. The summed E-state index contributed by atoms with van der Waals surface area (Å²) in [4.78, 5) is 18.5. The number of carbonyl (C=O) groups excluding carboxylic acids is 1. The minimum Gasteiger partial charge on any atom is -0.347 e. The lowest BCUT2D eigenvalue weighted by molar-refractivity contribution is -0.121. The zero-order valence-corrected chi connectivity index (χ0v) is 12.4. The van der Waals surface area contributed by atoms with Gasteiger partial charge in [-0.15, -0.1) is 11.3 Å². The summed E-state index contributed by atoms with van der Waals surface area (Å²) >= 11 is 1.59. The molecule has 1 saturated heterocycles. The average molecular weight is 281 g/mol. The van der Waals surface area contributed by atoms with Crippen molar-refractivity contribution in [3.05, 3.63) is 16.6 Å². The highest BCUT2D eigenvalue weighted by molar-refractivity contribution is 7.09. The van der Waals surface area contributed by atoms with Crippen LogP contribution in [-0.2, 0) is 4.79 Å². The van der Waals surface area contributed by atoms with E-state index in [1.807, 2.05) is 12.3 Å². The van der Waals surface area contributed by atoms with Crippen molar-refractivity contribution < 1.29 is 4.79 Å². The molecular weight excluding hydrogens is 258 g/mol. The van der Waals surface area contributed by atoms with Crippen molar-refractivity contribution in [2.24, 2.45) is 0 Å². The Hall–Kier alpha value is -0.940. The molecule has 106 valence electrons. The average Bonchev–Trinajstić information content (AvgIpc) is 2.94. The van der Waals surface area contributed by atoms with Gasteiger partial charge >= 0.3 is 0 Å². The van der Waals surface area contributed by atoms with E-state index in [2.05, 4.69) is 15.2 Å². The van der Waals surface area contributed by atoms with Crippen LogP contribution in [0, 0.1) is 0 Å². The third kappa shape index (κ3) is 4.91. The Morgan fingerprint density at radius 3 is 2.95 bits per heavy atom. The Morgan fingerprint density at radius 2 is 2.26 bits per heavy atom. The van der Waals surface area contributed by atoms with Crippen LogP contribution in [-0.4, -0.2) is 35.4 Å². The molecule has 0 spiro atoms. The topological polar surface area (TPSA) is 45.2 Å². The van der Waals surface area contributed by atoms with Crippen LogP contribution < -0.4 is 5.32 Å². The molecule has 5 heteroatoms. The SMILES string of the molecule is C[C@@H](NC(=O)CCCN1CCCCC1)c1nccs1. The van der Waals surface area contributed by atoms with Gasteiger partial charge in [0.15, 0.2) is 0 Å². The predicted molar refractivity (Wildman–Crippen MR) is 78.2 cm³/mol. The fraction of sp³-hybridized carbons (Fsp3) is 0.714. The molecule has 0 aromatic carbocycles. The van der Waals surface area contributed by atoms with E-state index in [4.69, 9.17) is 0 Å². The number of hydrogen-bond acceptors (Lipinski definition) is 4. The number of likely N-dealkylation sites (tertiary alicyclic amines) is 1. The van der Waals surface area contributed by atoms with E-state index in [1.165, 1.54) is 32.4 Å². The molecule has 0 bridgehead atoms. The van der Waals surface area contributed by atoms with Crippen LogP contribution in [0.3, 0.4) is 0 Å². The van der Waals surface area contributed by atoms with Crippen molar-refractivity contribution in [1.29, 1.82) is 0 Å².